The van der Waals surface area contributed by atoms with Crippen LogP contribution in [0.25, 0.3) is 33.1 Å². The first-order chi connectivity index (χ1) is 14.5. The van der Waals surface area contributed by atoms with E-state index in [2.05, 4.69) is 54.1 Å². The van der Waals surface area contributed by atoms with Gasteiger partial charge in [0.1, 0.15) is 0 Å². The molecule has 1 aliphatic rings. The van der Waals surface area contributed by atoms with Gasteiger partial charge in [0.15, 0.2) is 0 Å². The molecule has 30 heavy (non-hydrogen) atoms. The summed E-state index contributed by atoms with van der Waals surface area (Å²) in [7, 11) is 0. The Morgan fingerprint density at radius 1 is 1.10 bits per heavy atom. The molecule has 2 aromatic heterocycles. The number of benzene rings is 2. The number of rotatable bonds is 3. The Morgan fingerprint density at radius 2 is 1.97 bits per heavy atom. The van der Waals surface area contributed by atoms with E-state index >= 15 is 0 Å². The number of hydrogen-bond donors (Lipinski definition) is 2. The lowest BCUT2D eigenvalue weighted by atomic mass is 9.99. The maximum Gasteiger partial charge on any atom is 0.335 e. The van der Waals surface area contributed by atoms with Crippen LogP contribution in [0.2, 0.25) is 0 Å². The van der Waals surface area contributed by atoms with Crippen molar-refractivity contribution in [3.63, 3.8) is 0 Å². The fourth-order valence-corrected chi connectivity index (χ4v) is 4.61. The Morgan fingerprint density at radius 3 is 2.77 bits per heavy atom. The zero-order valence-corrected chi connectivity index (χ0v) is 17.3. The second-order valence-electron chi connectivity index (χ2n) is 8.36. The molecule has 1 aliphatic heterocycles. The second-order valence-corrected chi connectivity index (χ2v) is 8.36. The van der Waals surface area contributed by atoms with E-state index in [-0.39, 0.29) is 0 Å². The van der Waals surface area contributed by atoms with Crippen LogP contribution in [0.4, 0.5) is 5.69 Å². The molecule has 5 heteroatoms. The zero-order chi connectivity index (χ0) is 20.8. The first kappa shape index (κ1) is 18.7. The number of nitrogens with one attached hydrogen (secondary N) is 1. The van der Waals surface area contributed by atoms with Crippen LogP contribution in [0, 0.1) is 6.92 Å². The Balaban J connectivity index is 1.73. The van der Waals surface area contributed by atoms with Gasteiger partial charge in [0.05, 0.1) is 22.5 Å². The molecule has 3 heterocycles. The van der Waals surface area contributed by atoms with Crippen LogP contribution in [0.3, 0.4) is 0 Å². The van der Waals surface area contributed by atoms with Gasteiger partial charge < -0.3 is 15.0 Å². The van der Waals surface area contributed by atoms with Crippen LogP contribution in [0.1, 0.15) is 42.2 Å². The number of aromatic carboxylic acids is 1. The zero-order valence-electron chi connectivity index (χ0n) is 17.3. The number of anilines is 1. The summed E-state index contributed by atoms with van der Waals surface area (Å²) in [5.74, 6) is -0.915. The van der Waals surface area contributed by atoms with Crippen LogP contribution in [0.15, 0.2) is 48.5 Å². The highest BCUT2D eigenvalue weighted by Gasteiger charge is 2.23. The predicted octanol–water partition coefficient (Wildman–Crippen LogP) is 5.77. The number of fused-ring (bicyclic) bond motifs is 2. The van der Waals surface area contributed by atoms with E-state index in [0.29, 0.717) is 11.6 Å². The highest BCUT2D eigenvalue weighted by molar-refractivity contribution is 5.97. The largest absolute Gasteiger partial charge is 0.478 e. The lowest BCUT2D eigenvalue weighted by molar-refractivity contribution is 0.0697. The minimum Gasteiger partial charge on any atom is -0.478 e. The summed E-state index contributed by atoms with van der Waals surface area (Å²) in [6, 6.07) is 16.3. The number of carboxylic acids is 1. The van der Waals surface area contributed by atoms with E-state index in [1.807, 2.05) is 6.07 Å². The summed E-state index contributed by atoms with van der Waals surface area (Å²) in [6.45, 7) is 5.32. The molecule has 1 fully saturated rings. The summed E-state index contributed by atoms with van der Waals surface area (Å²) in [6.07, 6.45) is 3.56. The van der Waals surface area contributed by atoms with Gasteiger partial charge in [0.2, 0.25) is 0 Å². The minimum atomic E-state index is -0.915. The lowest BCUT2D eigenvalue weighted by Gasteiger charge is -2.36. The Hall–Kier alpha value is -3.34. The molecule has 5 rings (SSSR count). The SMILES string of the molecule is Cc1cc2cc(-c3nc4ccc(C(=O)O)cc4cc3N3CCCC[C@@H]3C)ccc2[nH]1. The molecule has 152 valence electrons. The number of aryl methyl sites for hydroxylation is 1. The van der Waals surface area contributed by atoms with Gasteiger partial charge >= 0.3 is 5.97 Å². The van der Waals surface area contributed by atoms with E-state index in [1.54, 1.807) is 12.1 Å². The Kier molecular flexibility index (Phi) is 4.46. The molecule has 0 aliphatic carbocycles. The van der Waals surface area contributed by atoms with E-state index in [0.717, 1.165) is 58.4 Å². The molecule has 1 saturated heterocycles. The first-order valence-electron chi connectivity index (χ1n) is 10.5. The number of pyridine rings is 1. The molecule has 0 spiro atoms. The third kappa shape index (κ3) is 3.20. The maximum atomic E-state index is 11.5. The quantitative estimate of drug-likeness (QED) is 0.459. The van der Waals surface area contributed by atoms with E-state index in [4.69, 9.17) is 4.98 Å². The van der Waals surface area contributed by atoms with E-state index in [9.17, 15) is 9.90 Å². The monoisotopic (exact) mass is 399 g/mol. The molecular weight excluding hydrogens is 374 g/mol. The van der Waals surface area contributed by atoms with Crippen molar-refractivity contribution in [3.8, 4) is 11.3 Å². The Bertz CT molecular complexity index is 1270. The molecule has 4 aromatic rings. The molecule has 2 aromatic carbocycles. The van der Waals surface area contributed by atoms with Gasteiger partial charge in [-0.15, -0.1) is 0 Å². The van der Waals surface area contributed by atoms with E-state index in [1.165, 1.54) is 11.8 Å². The third-order valence-electron chi connectivity index (χ3n) is 6.18. The van der Waals surface area contributed by atoms with Gasteiger partial charge in [-0.3, -0.25) is 0 Å². The Labute approximate surface area is 175 Å². The molecule has 0 bridgehead atoms. The van der Waals surface area contributed by atoms with Gasteiger partial charge in [0.25, 0.3) is 0 Å². The maximum absolute atomic E-state index is 11.5. The normalized spacial score (nSPS) is 17.0. The summed E-state index contributed by atoms with van der Waals surface area (Å²) < 4.78 is 0. The highest BCUT2D eigenvalue weighted by Crippen LogP contribution is 2.37. The van der Waals surface area contributed by atoms with Gasteiger partial charge in [0, 0.05) is 40.1 Å². The number of H-pyrrole nitrogens is 1. The van der Waals surface area contributed by atoms with Crippen LogP contribution in [-0.4, -0.2) is 33.6 Å². The van der Waals surface area contributed by atoms with Crippen LogP contribution >= 0.6 is 0 Å². The highest BCUT2D eigenvalue weighted by atomic mass is 16.4. The number of aromatic amines is 1. The number of nitrogens with zero attached hydrogens (tertiary/aromatic N) is 2. The topological polar surface area (TPSA) is 69.2 Å². The molecular formula is C25H25N3O2. The van der Waals surface area contributed by atoms with Crippen molar-refractivity contribution in [1.29, 1.82) is 0 Å². The van der Waals surface area contributed by atoms with Gasteiger partial charge in [-0.1, -0.05) is 6.07 Å². The van der Waals surface area contributed by atoms with Crippen molar-refractivity contribution in [2.24, 2.45) is 0 Å². The first-order valence-corrected chi connectivity index (χ1v) is 10.5. The number of carboxylic acid groups (broad SMARTS) is 1. The fraction of sp³-hybridized carbons (Fsp3) is 0.280. The second kappa shape index (κ2) is 7.17. The predicted molar refractivity (Wildman–Crippen MR) is 121 cm³/mol. The van der Waals surface area contributed by atoms with E-state index < -0.39 is 5.97 Å². The van der Waals surface area contributed by atoms with Crippen molar-refractivity contribution in [1.82, 2.24) is 9.97 Å². The molecule has 2 N–H and O–H groups in total. The lowest BCUT2D eigenvalue weighted by Crippen LogP contribution is -2.37. The van der Waals surface area contributed by atoms with Crippen LogP contribution < -0.4 is 4.90 Å². The van der Waals surface area contributed by atoms with Gasteiger partial charge in [-0.25, -0.2) is 9.78 Å². The molecule has 0 unspecified atom stereocenters. The minimum absolute atomic E-state index is 0.291. The molecule has 5 nitrogen and oxygen atoms in total. The summed E-state index contributed by atoms with van der Waals surface area (Å²) in [5, 5.41) is 11.4. The number of hydrogen-bond acceptors (Lipinski definition) is 3. The van der Waals surface area contributed by atoms with Crippen molar-refractivity contribution >= 4 is 33.5 Å². The summed E-state index contributed by atoms with van der Waals surface area (Å²) >= 11 is 0. The number of aromatic nitrogens is 2. The molecule has 1 atom stereocenters. The number of piperidine rings is 1. The van der Waals surface area contributed by atoms with Crippen molar-refractivity contribution in [2.75, 3.05) is 11.4 Å². The fourth-order valence-electron chi connectivity index (χ4n) is 4.61. The van der Waals surface area contributed by atoms with Crippen LogP contribution in [-0.2, 0) is 0 Å². The summed E-state index contributed by atoms with van der Waals surface area (Å²) in [5.41, 5.74) is 6.49. The molecule has 0 saturated carbocycles. The molecule has 0 radical (unpaired) electrons. The molecule has 0 amide bonds. The average Bonchev–Trinajstić information content (AvgIpc) is 3.12. The van der Waals surface area contributed by atoms with Gasteiger partial charge in [-0.05, 0) is 75.6 Å². The average molecular weight is 399 g/mol. The van der Waals surface area contributed by atoms with Crippen molar-refractivity contribution in [2.45, 2.75) is 39.2 Å². The van der Waals surface area contributed by atoms with Crippen molar-refractivity contribution in [3.05, 3.63) is 59.8 Å². The van der Waals surface area contributed by atoms with Gasteiger partial charge in [-0.2, -0.15) is 0 Å². The van der Waals surface area contributed by atoms with Crippen molar-refractivity contribution < 1.29 is 9.90 Å². The summed E-state index contributed by atoms with van der Waals surface area (Å²) in [4.78, 5) is 22.3. The van der Waals surface area contributed by atoms with Crippen LogP contribution in [0.5, 0.6) is 0 Å². The smallest absolute Gasteiger partial charge is 0.335 e. The standard InChI is InChI=1S/C25H25N3O2/c1-15-11-19-12-17(6-8-21(19)26-15)24-23(28-10-4-3-5-16(28)2)14-20-13-18(25(29)30)7-9-22(20)27-24/h6-9,11-14,16,26H,3-5,10H2,1-2H3,(H,29,30)/t16-/m0/s1. The number of carbonyl (C=O) groups is 1. The third-order valence-corrected chi connectivity index (χ3v) is 6.18.